The maximum absolute atomic E-state index is 12.1. The fraction of sp³-hybridized carbons (Fsp3) is 0.360. The number of ether oxygens (including phenoxy) is 1. The summed E-state index contributed by atoms with van der Waals surface area (Å²) < 4.78 is 5.63. The fourth-order valence-corrected chi connectivity index (χ4v) is 3.90. The van der Waals surface area contributed by atoms with Crippen molar-refractivity contribution in [2.24, 2.45) is 0 Å². The first kappa shape index (κ1) is 25.5. The normalized spacial score (nSPS) is 24.7. The van der Waals surface area contributed by atoms with Crippen molar-refractivity contribution in [2.75, 3.05) is 20.7 Å². The molecule has 0 unspecified atom stereocenters. The van der Waals surface area contributed by atoms with Crippen LogP contribution < -0.4 is 10.6 Å². The van der Waals surface area contributed by atoms with E-state index in [0.717, 1.165) is 5.56 Å². The van der Waals surface area contributed by atoms with E-state index in [2.05, 4.69) is 10.6 Å². The lowest BCUT2D eigenvalue weighted by Crippen LogP contribution is -2.55. The van der Waals surface area contributed by atoms with Crippen LogP contribution in [-0.2, 0) is 11.2 Å². The Morgan fingerprint density at radius 2 is 1.59 bits per heavy atom. The highest BCUT2D eigenvalue weighted by Gasteiger charge is 2.43. The molecule has 1 saturated heterocycles. The molecule has 2 aromatic carbocycles. The Labute approximate surface area is 197 Å². The minimum absolute atomic E-state index is 0.298. The van der Waals surface area contributed by atoms with Crippen LogP contribution in [0.2, 0.25) is 0 Å². The standard InChI is InChI=1S/C25H30N2O7/c1-26-24(32)17-10-15(11-18(12-17)25(33)27-2)7-3-5-14-6-4-8-16(9-14)23-22(31)21(30)20(29)19(13-28)34-23/h3-4,6-12,19-23,28-31H,5,13H2,1-2H3,(H,26,32)(H,27,33)/t19-,20-,21+,22+,23-/m1/s1. The van der Waals surface area contributed by atoms with E-state index in [1.165, 1.54) is 20.2 Å². The Morgan fingerprint density at radius 3 is 2.18 bits per heavy atom. The van der Waals surface area contributed by atoms with Gasteiger partial charge in [0.1, 0.15) is 30.5 Å². The number of hydrogen-bond acceptors (Lipinski definition) is 7. The molecule has 5 atom stereocenters. The second kappa shape index (κ2) is 11.4. The van der Waals surface area contributed by atoms with Gasteiger partial charge in [-0.15, -0.1) is 0 Å². The molecule has 0 aromatic heterocycles. The third-order valence-corrected chi connectivity index (χ3v) is 5.77. The van der Waals surface area contributed by atoms with Gasteiger partial charge in [0.25, 0.3) is 11.8 Å². The molecule has 182 valence electrons. The molecule has 2 amide bonds. The zero-order chi connectivity index (χ0) is 24.8. The van der Waals surface area contributed by atoms with Crippen LogP contribution in [0, 0.1) is 0 Å². The summed E-state index contributed by atoms with van der Waals surface area (Å²) in [4.78, 5) is 24.2. The second-order valence-corrected chi connectivity index (χ2v) is 8.10. The third-order valence-electron chi connectivity index (χ3n) is 5.77. The van der Waals surface area contributed by atoms with Crippen LogP contribution in [0.4, 0.5) is 0 Å². The molecule has 9 heteroatoms. The van der Waals surface area contributed by atoms with E-state index >= 15 is 0 Å². The zero-order valence-corrected chi connectivity index (χ0v) is 19.0. The maximum atomic E-state index is 12.1. The molecule has 9 nitrogen and oxygen atoms in total. The Bertz CT molecular complexity index is 1020. The maximum Gasteiger partial charge on any atom is 0.251 e. The molecule has 1 heterocycles. The molecule has 3 rings (SSSR count). The van der Waals surface area contributed by atoms with Crippen molar-refractivity contribution in [2.45, 2.75) is 36.9 Å². The number of amides is 2. The number of aliphatic hydroxyl groups excluding tert-OH is 4. The molecular formula is C25H30N2O7. The Morgan fingerprint density at radius 1 is 0.941 bits per heavy atom. The summed E-state index contributed by atoms with van der Waals surface area (Å²) in [6.45, 7) is -0.489. The monoisotopic (exact) mass is 470 g/mol. The number of allylic oxidation sites excluding steroid dienone is 1. The summed E-state index contributed by atoms with van der Waals surface area (Å²) in [6, 6.07) is 12.1. The molecule has 1 aliphatic rings. The molecular weight excluding hydrogens is 440 g/mol. The Balaban J connectivity index is 1.79. The van der Waals surface area contributed by atoms with Gasteiger partial charge in [-0.05, 0) is 41.3 Å². The smallest absolute Gasteiger partial charge is 0.251 e. The summed E-state index contributed by atoms with van der Waals surface area (Å²) >= 11 is 0. The minimum Gasteiger partial charge on any atom is -0.394 e. The quantitative estimate of drug-likeness (QED) is 0.338. The van der Waals surface area contributed by atoms with Crippen LogP contribution in [0.3, 0.4) is 0 Å². The number of hydrogen-bond donors (Lipinski definition) is 6. The van der Waals surface area contributed by atoms with Crippen molar-refractivity contribution in [3.63, 3.8) is 0 Å². The lowest BCUT2D eigenvalue weighted by atomic mass is 9.90. The Hall–Kier alpha value is -3.08. The molecule has 34 heavy (non-hydrogen) atoms. The SMILES string of the molecule is CNC(=O)c1cc(C=CCc2cccc([C@H]3O[C@H](CO)[C@@H](O)[C@H](O)[C@@H]3O)c2)cc(C(=O)NC)c1. The van der Waals surface area contributed by atoms with Gasteiger partial charge < -0.3 is 35.8 Å². The highest BCUT2D eigenvalue weighted by Crippen LogP contribution is 2.32. The van der Waals surface area contributed by atoms with Crippen molar-refractivity contribution in [1.29, 1.82) is 0 Å². The van der Waals surface area contributed by atoms with E-state index < -0.39 is 37.1 Å². The molecule has 6 N–H and O–H groups in total. The molecule has 2 aromatic rings. The van der Waals surface area contributed by atoms with Gasteiger partial charge in [0.15, 0.2) is 0 Å². The first-order valence-corrected chi connectivity index (χ1v) is 10.9. The van der Waals surface area contributed by atoms with Gasteiger partial charge in [-0.25, -0.2) is 0 Å². The predicted octanol–water partition coefficient (Wildman–Crippen LogP) is 0.177. The molecule has 0 saturated carbocycles. The van der Waals surface area contributed by atoms with Gasteiger partial charge in [0.2, 0.25) is 0 Å². The van der Waals surface area contributed by atoms with Crippen molar-refractivity contribution < 1.29 is 34.8 Å². The summed E-state index contributed by atoms with van der Waals surface area (Å²) in [6.07, 6.45) is -1.89. The summed E-state index contributed by atoms with van der Waals surface area (Å²) in [5, 5.41) is 44.9. The van der Waals surface area contributed by atoms with E-state index in [-0.39, 0.29) is 11.8 Å². The molecule has 0 aliphatic carbocycles. The van der Waals surface area contributed by atoms with Crippen molar-refractivity contribution in [1.82, 2.24) is 10.6 Å². The molecule has 1 aliphatic heterocycles. The van der Waals surface area contributed by atoms with Crippen LogP contribution in [0.5, 0.6) is 0 Å². The van der Waals surface area contributed by atoms with E-state index in [1.807, 2.05) is 18.2 Å². The van der Waals surface area contributed by atoms with Crippen LogP contribution >= 0.6 is 0 Å². The number of benzene rings is 2. The Kier molecular flexibility index (Phi) is 8.54. The predicted molar refractivity (Wildman–Crippen MR) is 125 cm³/mol. The van der Waals surface area contributed by atoms with Gasteiger partial charge in [0, 0.05) is 25.2 Å². The van der Waals surface area contributed by atoms with Gasteiger partial charge >= 0.3 is 0 Å². The topological polar surface area (TPSA) is 148 Å². The molecule has 0 bridgehead atoms. The van der Waals surface area contributed by atoms with Gasteiger partial charge in [-0.2, -0.15) is 0 Å². The average Bonchev–Trinajstić information content (AvgIpc) is 2.86. The van der Waals surface area contributed by atoms with Gasteiger partial charge in [-0.1, -0.05) is 36.4 Å². The van der Waals surface area contributed by atoms with E-state index in [0.29, 0.717) is 28.7 Å². The van der Waals surface area contributed by atoms with E-state index in [1.54, 1.807) is 30.3 Å². The highest BCUT2D eigenvalue weighted by atomic mass is 16.5. The lowest BCUT2D eigenvalue weighted by molar-refractivity contribution is -0.231. The van der Waals surface area contributed by atoms with Gasteiger partial charge in [0.05, 0.1) is 6.61 Å². The largest absolute Gasteiger partial charge is 0.394 e. The van der Waals surface area contributed by atoms with Crippen molar-refractivity contribution in [3.05, 3.63) is 76.4 Å². The van der Waals surface area contributed by atoms with E-state index in [9.17, 15) is 30.0 Å². The van der Waals surface area contributed by atoms with Crippen LogP contribution in [0.15, 0.2) is 48.5 Å². The number of nitrogens with one attached hydrogen (secondary N) is 2. The van der Waals surface area contributed by atoms with E-state index in [4.69, 9.17) is 4.74 Å². The molecule has 1 fully saturated rings. The summed E-state index contributed by atoms with van der Waals surface area (Å²) in [5.74, 6) is -0.597. The first-order chi connectivity index (χ1) is 16.3. The fourth-order valence-electron chi connectivity index (χ4n) is 3.90. The van der Waals surface area contributed by atoms with Gasteiger partial charge in [-0.3, -0.25) is 9.59 Å². The zero-order valence-electron chi connectivity index (χ0n) is 19.0. The number of rotatable bonds is 7. The lowest BCUT2D eigenvalue weighted by Gasteiger charge is -2.40. The summed E-state index contributed by atoms with van der Waals surface area (Å²) in [5.41, 5.74) is 2.91. The minimum atomic E-state index is -1.44. The van der Waals surface area contributed by atoms with Crippen LogP contribution in [-0.4, -0.2) is 77.4 Å². The van der Waals surface area contributed by atoms with Crippen molar-refractivity contribution >= 4 is 17.9 Å². The molecule has 0 spiro atoms. The number of carbonyl (C=O) groups excluding carboxylic acids is 2. The first-order valence-electron chi connectivity index (χ1n) is 10.9. The third kappa shape index (κ3) is 5.69. The highest BCUT2D eigenvalue weighted by molar-refractivity contribution is 6.00. The second-order valence-electron chi connectivity index (χ2n) is 8.10. The average molecular weight is 471 g/mol. The van der Waals surface area contributed by atoms with Crippen molar-refractivity contribution in [3.8, 4) is 0 Å². The number of carbonyl (C=O) groups is 2. The van der Waals surface area contributed by atoms with Crippen LogP contribution in [0.25, 0.3) is 6.08 Å². The molecule has 0 radical (unpaired) electrons. The number of aliphatic hydroxyl groups is 4. The summed E-state index contributed by atoms with van der Waals surface area (Å²) in [7, 11) is 3.04. The van der Waals surface area contributed by atoms with Crippen LogP contribution in [0.1, 0.15) is 43.5 Å².